The van der Waals surface area contributed by atoms with Gasteiger partial charge >= 0.3 is 0 Å². The second-order valence-corrected chi connectivity index (χ2v) is 4.28. The third-order valence-electron chi connectivity index (χ3n) is 1.84. The van der Waals surface area contributed by atoms with Crippen LogP contribution in [0.2, 0.25) is 0 Å². The molecule has 0 spiro atoms. The van der Waals surface area contributed by atoms with Crippen LogP contribution >= 0.6 is 0 Å². The molecular formula is C14H16O. The number of hydrogen-bond donors (Lipinski definition) is 0. The molecule has 0 heterocycles. The first-order chi connectivity index (χ1) is 6.98. The Balaban J connectivity index is 3.19. The Bertz CT molecular complexity index is 402. The summed E-state index contributed by atoms with van der Waals surface area (Å²) >= 11 is 0. The van der Waals surface area contributed by atoms with E-state index in [0.29, 0.717) is 0 Å². The first-order valence-corrected chi connectivity index (χ1v) is 4.89. The van der Waals surface area contributed by atoms with Crippen LogP contribution < -0.4 is 4.74 Å². The molecule has 0 fully saturated rings. The van der Waals surface area contributed by atoms with E-state index in [9.17, 15) is 0 Å². The van der Waals surface area contributed by atoms with Crippen molar-refractivity contribution in [2.24, 2.45) is 0 Å². The molecule has 0 aliphatic carbocycles. The lowest BCUT2D eigenvalue weighted by Gasteiger charge is -2.22. The predicted octanol–water partition coefficient (Wildman–Crippen LogP) is 3.49. The molecule has 0 amide bonds. The maximum Gasteiger partial charge on any atom is 0.136 e. The van der Waals surface area contributed by atoms with Gasteiger partial charge in [-0.3, -0.25) is 0 Å². The topological polar surface area (TPSA) is 9.23 Å². The number of ether oxygens (including phenoxy) is 1. The number of hydrogen-bond acceptors (Lipinski definition) is 1. The highest BCUT2D eigenvalue weighted by molar-refractivity contribution is 5.62. The van der Waals surface area contributed by atoms with Crippen LogP contribution in [-0.4, -0.2) is 5.60 Å². The minimum atomic E-state index is -0.245. The van der Waals surface area contributed by atoms with Gasteiger partial charge in [-0.2, -0.15) is 0 Å². The monoisotopic (exact) mass is 200 g/mol. The molecule has 0 atom stereocenters. The smallest absolute Gasteiger partial charge is 0.136 e. The molecule has 78 valence electrons. The summed E-state index contributed by atoms with van der Waals surface area (Å²) in [6.07, 6.45) is 7.21. The quantitative estimate of drug-likeness (QED) is 0.664. The van der Waals surface area contributed by atoms with Gasteiger partial charge in [0, 0.05) is 0 Å². The van der Waals surface area contributed by atoms with Crippen LogP contribution in [0, 0.1) is 12.3 Å². The average Bonchev–Trinajstić information content (AvgIpc) is 2.15. The van der Waals surface area contributed by atoms with E-state index in [1.165, 1.54) is 0 Å². The van der Waals surface area contributed by atoms with E-state index >= 15 is 0 Å². The van der Waals surface area contributed by atoms with Crippen LogP contribution in [-0.2, 0) is 0 Å². The van der Waals surface area contributed by atoms with Crippen molar-refractivity contribution in [3.63, 3.8) is 0 Å². The third kappa shape index (κ3) is 2.89. The van der Waals surface area contributed by atoms with Crippen LogP contribution in [0.25, 0.3) is 6.08 Å². The Morgan fingerprint density at radius 3 is 2.53 bits per heavy atom. The first kappa shape index (κ1) is 11.4. The second-order valence-electron chi connectivity index (χ2n) is 4.28. The molecule has 0 aromatic heterocycles. The molecule has 0 bridgehead atoms. The molecule has 1 rings (SSSR count). The van der Waals surface area contributed by atoms with Gasteiger partial charge in [-0.1, -0.05) is 30.7 Å². The van der Waals surface area contributed by atoms with E-state index in [-0.39, 0.29) is 5.60 Å². The average molecular weight is 200 g/mol. The number of terminal acetylenes is 1. The van der Waals surface area contributed by atoms with Gasteiger partial charge in [0.05, 0.1) is 5.56 Å². The molecule has 0 N–H and O–H groups in total. The van der Waals surface area contributed by atoms with Crippen molar-refractivity contribution in [1.82, 2.24) is 0 Å². The van der Waals surface area contributed by atoms with Crippen LogP contribution in [0.4, 0.5) is 0 Å². The SMILES string of the molecule is C#Cc1c(C=C)cccc1OC(C)(C)C. The molecule has 1 aromatic rings. The maximum absolute atomic E-state index is 5.78. The molecule has 0 aliphatic heterocycles. The Kier molecular flexibility index (Phi) is 3.21. The summed E-state index contributed by atoms with van der Waals surface area (Å²) in [4.78, 5) is 0. The molecule has 1 heteroatoms. The molecular weight excluding hydrogens is 184 g/mol. The number of benzene rings is 1. The molecule has 1 aromatic carbocycles. The molecule has 0 unspecified atom stereocenters. The Hall–Kier alpha value is -1.68. The van der Waals surface area contributed by atoms with Gasteiger partial charge in [0.25, 0.3) is 0 Å². The minimum absolute atomic E-state index is 0.245. The van der Waals surface area contributed by atoms with E-state index in [0.717, 1.165) is 16.9 Å². The lowest BCUT2D eigenvalue weighted by atomic mass is 10.1. The summed E-state index contributed by atoms with van der Waals surface area (Å²) in [6.45, 7) is 9.71. The van der Waals surface area contributed by atoms with E-state index in [2.05, 4.69) is 12.5 Å². The highest BCUT2D eigenvalue weighted by Gasteiger charge is 2.14. The van der Waals surface area contributed by atoms with Crippen molar-refractivity contribution < 1.29 is 4.74 Å². The fourth-order valence-electron chi connectivity index (χ4n) is 1.29. The molecule has 1 nitrogen and oxygen atoms in total. The lowest BCUT2D eigenvalue weighted by molar-refractivity contribution is 0.130. The van der Waals surface area contributed by atoms with Crippen molar-refractivity contribution in [3.8, 4) is 18.1 Å². The van der Waals surface area contributed by atoms with Gasteiger partial charge in [-0.15, -0.1) is 6.42 Å². The van der Waals surface area contributed by atoms with Crippen molar-refractivity contribution >= 4 is 6.08 Å². The van der Waals surface area contributed by atoms with E-state index in [1.54, 1.807) is 6.08 Å². The predicted molar refractivity (Wildman–Crippen MR) is 64.8 cm³/mol. The summed E-state index contributed by atoms with van der Waals surface area (Å²) in [7, 11) is 0. The third-order valence-corrected chi connectivity index (χ3v) is 1.84. The summed E-state index contributed by atoms with van der Waals surface area (Å²) in [5, 5.41) is 0. The van der Waals surface area contributed by atoms with Crippen molar-refractivity contribution in [2.45, 2.75) is 26.4 Å². The molecule has 0 radical (unpaired) electrons. The fourth-order valence-corrected chi connectivity index (χ4v) is 1.29. The Morgan fingerprint density at radius 2 is 2.07 bits per heavy atom. The highest BCUT2D eigenvalue weighted by atomic mass is 16.5. The van der Waals surface area contributed by atoms with Crippen LogP contribution in [0.1, 0.15) is 31.9 Å². The van der Waals surface area contributed by atoms with E-state index in [1.807, 2.05) is 39.0 Å². The zero-order valence-corrected chi connectivity index (χ0v) is 9.50. The molecule has 0 aliphatic rings. The number of rotatable bonds is 2. The summed E-state index contributed by atoms with van der Waals surface area (Å²) in [5.74, 6) is 3.38. The zero-order chi connectivity index (χ0) is 11.5. The Labute approximate surface area is 91.8 Å². The van der Waals surface area contributed by atoms with Crippen LogP contribution in [0.3, 0.4) is 0 Å². The first-order valence-electron chi connectivity index (χ1n) is 4.89. The molecule has 0 saturated heterocycles. The molecule has 0 saturated carbocycles. The molecule has 15 heavy (non-hydrogen) atoms. The summed E-state index contributed by atoms with van der Waals surface area (Å²) < 4.78 is 5.78. The van der Waals surface area contributed by atoms with E-state index in [4.69, 9.17) is 11.2 Å². The van der Waals surface area contributed by atoms with Gasteiger partial charge in [-0.25, -0.2) is 0 Å². The zero-order valence-electron chi connectivity index (χ0n) is 9.50. The fraction of sp³-hybridized carbons (Fsp3) is 0.286. The second kappa shape index (κ2) is 4.23. The van der Waals surface area contributed by atoms with Crippen molar-refractivity contribution in [3.05, 3.63) is 35.9 Å². The Morgan fingerprint density at radius 1 is 1.40 bits per heavy atom. The van der Waals surface area contributed by atoms with Crippen LogP contribution in [0.15, 0.2) is 24.8 Å². The van der Waals surface area contributed by atoms with Crippen molar-refractivity contribution in [1.29, 1.82) is 0 Å². The normalized spacial score (nSPS) is 10.5. The van der Waals surface area contributed by atoms with Gasteiger partial charge in [0.15, 0.2) is 0 Å². The maximum atomic E-state index is 5.78. The van der Waals surface area contributed by atoms with Gasteiger partial charge in [0.2, 0.25) is 0 Å². The standard InChI is InChI=1S/C14H16O/c1-6-11-9-8-10-13(12(11)7-2)15-14(3,4)5/h2,6,8-10H,1H2,3-5H3. The lowest BCUT2D eigenvalue weighted by Crippen LogP contribution is -2.23. The largest absolute Gasteiger partial charge is 0.487 e. The summed E-state index contributed by atoms with van der Waals surface area (Å²) in [5.41, 5.74) is 1.45. The van der Waals surface area contributed by atoms with Gasteiger partial charge in [0.1, 0.15) is 11.4 Å². The highest BCUT2D eigenvalue weighted by Crippen LogP contribution is 2.25. The van der Waals surface area contributed by atoms with Gasteiger partial charge < -0.3 is 4.74 Å². The van der Waals surface area contributed by atoms with Gasteiger partial charge in [-0.05, 0) is 32.4 Å². The minimum Gasteiger partial charge on any atom is -0.487 e. The van der Waals surface area contributed by atoms with Crippen LogP contribution in [0.5, 0.6) is 5.75 Å². The summed E-state index contributed by atoms with van der Waals surface area (Å²) in [6, 6.07) is 5.73. The van der Waals surface area contributed by atoms with Crippen molar-refractivity contribution in [2.75, 3.05) is 0 Å². The van der Waals surface area contributed by atoms with E-state index < -0.39 is 0 Å².